The van der Waals surface area contributed by atoms with Gasteiger partial charge in [0.25, 0.3) is 5.91 Å². The highest BCUT2D eigenvalue weighted by Gasteiger charge is 2.39. The number of urea groups is 1. The number of carbonyl (C=O) groups excluding carboxylic acids is 2. The lowest BCUT2D eigenvalue weighted by molar-refractivity contribution is -0.129. The molecule has 1 N–H and O–H groups in total. The second kappa shape index (κ2) is 10.2. The second-order valence-electron chi connectivity index (χ2n) is 8.98. The summed E-state index contributed by atoms with van der Waals surface area (Å²) in [5, 5.41) is 2.86. The van der Waals surface area contributed by atoms with E-state index >= 15 is 0 Å². The molecule has 34 heavy (non-hydrogen) atoms. The van der Waals surface area contributed by atoms with Gasteiger partial charge >= 0.3 is 6.03 Å². The number of imide groups is 1. The number of nitrogens with one attached hydrogen (secondary N) is 1. The molecule has 0 radical (unpaired) electrons. The van der Waals surface area contributed by atoms with Gasteiger partial charge in [-0.2, -0.15) is 0 Å². The summed E-state index contributed by atoms with van der Waals surface area (Å²) >= 11 is 0. The molecule has 2 aliphatic rings. The van der Waals surface area contributed by atoms with Crippen LogP contribution in [-0.4, -0.2) is 65.5 Å². The quantitative estimate of drug-likeness (QED) is 0.555. The molecular weight excluding hydrogens is 424 g/mol. The molecule has 0 aromatic heterocycles. The SMILES string of the molecule is O=C1N[C@@H](Cc2ccccc2)C(=O)N1CN1CCN(C(c2ccccc2)c2ccccc2)CC1. The Bertz CT molecular complexity index is 1060. The lowest BCUT2D eigenvalue weighted by Crippen LogP contribution is -2.52. The Morgan fingerprint density at radius 2 is 1.26 bits per heavy atom. The fourth-order valence-corrected chi connectivity index (χ4v) is 4.95. The van der Waals surface area contributed by atoms with Crippen molar-refractivity contribution < 1.29 is 9.59 Å². The number of piperazine rings is 1. The Balaban J connectivity index is 1.22. The Kier molecular flexibility index (Phi) is 6.70. The number of hydrogen-bond acceptors (Lipinski definition) is 4. The maximum Gasteiger partial charge on any atom is 0.325 e. The maximum absolute atomic E-state index is 12.9. The number of hydrogen-bond donors (Lipinski definition) is 1. The van der Waals surface area contributed by atoms with Gasteiger partial charge in [0.2, 0.25) is 0 Å². The van der Waals surface area contributed by atoms with Gasteiger partial charge in [-0.1, -0.05) is 91.0 Å². The number of nitrogens with zero attached hydrogens (tertiary/aromatic N) is 3. The molecule has 0 saturated carbocycles. The van der Waals surface area contributed by atoms with Gasteiger partial charge < -0.3 is 5.32 Å². The lowest BCUT2D eigenvalue weighted by Gasteiger charge is -2.40. The fourth-order valence-electron chi connectivity index (χ4n) is 4.95. The van der Waals surface area contributed by atoms with Crippen LogP contribution < -0.4 is 5.32 Å². The van der Waals surface area contributed by atoms with Crippen molar-refractivity contribution in [2.75, 3.05) is 32.8 Å². The minimum absolute atomic E-state index is 0.136. The van der Waals surface area contributed by atoms with E-state index in [0.29, 0.717) is 13.1 Å². The average Bonchev–Trinajstić information content (AvgIpc) is 3.14. The van der Waals surface area contributed by atoms with Crippen molar-refractivity contribution in [2.45, 2.75) is 18.5 Å². The molecule has 3 aromatic rings. The number of benzene rings is 3. The van der Waals surface area contributed by atoms with E-state index in [-0.39, 0.29) is 18.0 Å². The highest BCUT2D eigenvalue weighted by molar-refractivity contribution is 6.04. The molecule has 3 aromatic carbocycles. The Morgan fingerprint density at radius 3 is 1.82 bits per heavy atom. The molecule has 174 valence electrons. The van der Waals surface area contributed by atoms with Gasteiger partial charge in [-0.15, -0.1) is 0 Å². The molecule has 0 unspecified atom stereocenters. The zero-order chi connectivity index (χ0) is 23.3. The van der Waals surface area contributed by atoms with E-state index in [9.17, 15) is 9.59 Å². The molecule has 0 spiro atoms. The van der Waals surface area contributed by atoms with Crippen molar-refractivity contribution >= 4 is 11.9 Å². The fraction of sp³-hybridized carbons (Fsp3) is 0.286. The van der Waals surface area contributed by atoms with E-state index in [0.717, 1.165) is 31.7 Å². The monoisotopic (exact) mass is 454 g/mol. The van der Waals surface area contributed by atoms with Crippen molar-refractivity contribution in [3.8, 4) is 0 Å². The van der Waals surface area contributed by atoms with E-state index in [2.05, 4.69) is 63.6 Å². The Labute approximate surface area is 200 Å². The summed E-state index contributed by atoms with van der Waals surface area (Å²) in [7, 11) is 0. The third-order valence-corrected chi connectivity index (χ3v) is 6.73. The average molecular weight is 455 g/mol. The molecule has 2 heterocycles. The van der Waals surface area contributed by atoms with Crippen LogP contribution in [0.4, 0.5) is 4.79 Å². The normalized spacial score (nSPS) is 19.6. The van der Waals surface area contributed by atoms with Gasteiger partial charge in [0.05, 0.1) is 12.7 Å². The van der Waals surface area contributed by atoms with Crippen LogP contribution in [0.5, 0.6) is 0 Å². The standard InChI is InChI=1S/C28H30N4O2/c33-27-25(20-22-10-4-1-5-11-22)29-28(34)32(27)21-30-16-18-31(19-17-30)26(23-12-6-2-7-13-23)24-14-8-3-9-15-24/h1-15,25-26H,16-21H2,(H,29,34)/t25-/m0/s1. The first-order valence-electron chi connectivity index (χ1n) is 11.9. The van der Waals surface area contributed by atoms with Crippen LogP contribution >= 0.6 is 0 Å². The van der Waals surface area contributed by atoms with Gasteiger partial charge in [-0.25, -0.2) is 9.69 Å². The van der Waals surface area contributed by atoms with E-state index in [1.165, 1.54) is 16.0 Å². The summed E-state index contributed by atoms with van der Waals surface area (Å²) < 4.78 is 0. The predicted octanol–water partition coefficient (Wildman–Crippen LogP) is 3.51. The Morgan fingerprint density at radius 1 is 0.735 bits per heavy atom. The first kappa shape index (κ1) is 22.3. The highest BCUT2D eigenvalue weighted by Crippen LogP contribution is 2.29. The molecule has 2 fully saturated rings. The molecular formula is C28H30N4O2. The van der Waals surface area contributed by atoms with Crippen LogP contribution in [0, 0.1) is 0 Å². The maximum atomic E-state index is 12.9. The van der Waals surface area contributed by atoms with Crippen molar-refractivity contribution in [1.29, 1.82) is 0 Å². The summed E-state index contributed by atoms with van der Waals surface area (Å²) in [6.07, 6.45) is 0.519. The summed E-state index contributed by atoms with van der Waals surface area (Å²) in [6.45, 7) is 3.68. The minimum atomic E-state index is -0.489. The van der Waals surface area contributed by atoms with Crippen molar-refractivity contribution in [3.63, 3.8) is 0 Å². The number of amides is 3. The Hall–Kier alpha value is -3.48. The van der Waals surface area contributed by atoms with Gasteiger partial charge in [0, 0.05) is 32.6 Å². The number of carbonyl (C=O) groups is 2. The van der Waals surface area contributed by atoms with E-state index in [1.54, 1.807) is 0 Å². The lowest BCUT2D eigenvalue weighted by atomic mass is 9.96. The van der Waals surface area contributed by atoms with Crippen LogP contribution in [0.1, 0.15) is 22.7 Å². The van der Waals surface area contributed by atoms with Crippen LogP contribution in [0.3, 0.4) is 0 Å². The van der Waals surface area contributed by atoms with Gasteiger partial charge in [-0.3, -0.25) is 14.6 Å². The summed E-state index contributed by atoms with van der Waals surface area (Å²) in [5.74, 6) is -0.136. The van der Waals surface area contributed by atoms with Crippen molar-refractivity contribution in [2.24, 2.45) is 0 Å². The summed E-state index contributed by atoms with van der Waals surface area (Å²) in [6, 6.07) is 30.4. The largest absolute Gasteiger partial charge is 0.325 e. The van der Waals surface area contributed by atoms with E-state index in [4.69, 9.17) is 0 Å². The van der Waals surface area contributed by atoms with Crippen molar-refractivity contribution in [3.05, 3.63) is 108 Å². The van der Waals surface area contributed by atoms with E-state index in [1.807, 2.05) is 42.5 Å². The molecule has 2 saturated heterocycles. The first-order valence-corrected chi connectivity index (χ1v) is 11.9. The zero-order valence-electron chi connectivity index (χ0n) is 19.2. The van der Waals surface area contributed by atoms with Crippen LogP contribution in [0.25, 0.3) is 0 Å². The smallest absolute Gasteiger partial charge is 0.325 e. The minimum Gasteiger partial charge on any atom is -0.325 e. The molecule has 6 nitrogen and oxygen atoms in total. The molecule has 6 heteroatoms. The summed E-state index contributed by atoms with van der Waals surface area (Å²) in [4.78, 5) is 31.6. The van der Waals surface area contributed by atoms with Crippen LogP contribution in [-0.2, 0) is 11.2 Å². The zero-order valence-corrected chi connectivity index (χ0v) is 19.2. The molecule has 0 aliphatic carbocycles. The molecule has 2 aliphatic heterocycles. The third kappa shape index (κ3) is 4.88. The highest BCUT2D eigenvalue weighted by atomic mass is 16.2. The van der Waals surface area contributed by atoms with Gasteiger partial charge in [0.1, 0.15) is 6.04 Å². The topological polar surface area (TPSA) is 55.9 Å². The molecule has 1 atom stereocenters. The molecule has 5 rings (SSSR count). The second-order valence-corrected chi connectivity index (χ2v) is 8.98. The van der Waals surface area contributed by atoms with Crippen molar-refractivity contribution in [1.82, 2.24) is 20.0 Å². The van der Waals surface area contributed by atoms with Crippen LogP contribution in [0.2, 0.25) is 0 Å². The van der Waals surface area contributed by atoms with Gasteiger partial charge in [0.15, 0.2) is 0 Å². The predicted molar refractivity (Wildman–Crippen MR) is 132 cm³/mol. The molecule has 3 amide bonds. The third-order valence-electron chi connectivity index (χ3n) is 6.73. The first-order chi connectivity index (χ1) is 16.7. The van der Waals surface area contributed by atoms with E-state index < -0.39 is 6.04 Å². The van der Waals surface area contributed by atoms with Crippen LogP contribution in [0.15, 0.2) is 91.0 Å². The number of rotatable bonds is 7. The van der Waals surface area contributed by atoms with Gasteiger partial charge in [-0.05, 0) is 16.7 Å². The molecule has 0 bridgehead atoms. The summed E-state index contributed by atoms with van der Waals surface area (Å²) in [5.41, 5.74) is 3.60.